The van der Waals surface area contributed by atoms with Crippen LogP contribution in [-0.2, 0) is 0 Å². The lowest BCUT2D eigenvalue weighted by Crippen LogP contribution is -2.13. The Balaban J connectivity index is 2.50. The number of furan rings is 1. The second-order valence-electron chi connectivity index (χ2n) is 3.14. The molecule has 1 heterocycles. The standard InChI is InChI=1S/C10H10ClNO2/c11-10-4-7-3-6(8(12)5-13)1-2-9(7)14-10/h1-4,8,13H,5,12H2. The van der Waals surface area contributed by atoms with Gasteiger partial charge in [0.25, 0.3) is 0 Å². The van der Waals surface area contributed by atoms with Crippen LogP contribution in [0.3, 0.4) is 0 Å². The SMILES string of the molecule is NC(CO)c1ccc2oc(Cl)cc2c1. The van der Waals surface area contributed by atoms with Gasteiger partial charge in [0, 0.05) is 11.5 Å². The number of benzene rings is 1. The number of halogens is 1. The zero-order valence-corrected chi connectivity index (χ0v) is 8.16. The molecule has 74 valence electrons. The van der Waals surface area contributed by atoms with Crippen LogP contribution in [0.25, 0.3) is 11.0 Å². The van der Waals surface area contributed by atoms with Crippen LogP contribution in [-0.4, -0.2) is 11.7 Å². The molecule has 14 heavy (non-hydrogen) atoms. The van der Waals surface area contributed by atoms with Crippen molar-refractivity contribution in [3.63, 3.8) is 0 Å². The molecule has 3 nitrogen and oxygen atoms in total. The second kappa shape index (κ2) is 3.61. The summed E-state index contributed by atoms with van der Waals surface area (Å²) in [5, 5.41) is 10.1. The smallest absolute Gasteiger partial charge is 0.194 e. The number of aliphatic hydroxyl groups excluding tert-OH is 1. The van der Waals surface area contributed by atoms with Crippen LogP contribution in [0.5, 0.6) is 0 Å². The summed E-state index contributed by atoms with van der Waals surface area (Å²) in [5.41, 5.74) is 7.28. The summed E-state index contributed by atoms with van der Waals surface area (Å²) in [7, 11) is 0. The summed E-state index contributed by atoms with van der Waals surface area (Å²) in [4.78, 5) is 0. The van der Waals surface area contributed by atoms with Crippen molar-refractivity contribution in [1.29, 1.82) is 0 Å². The summed E-state index contributed by atoms with van der Waals surface area (Å²) in [6.07, 6.45) is 0. The van der Waals surface area contributed by atoms with Gasteiger partial charge in [-0.05, 0) is 29.3 Å². The van der Waals surface area contributed by atoms with Crippen molar-refractivity contribution in [3.8, 4) is 0 Å². The van der Waals surface area contributed by atoms with Crippen molar-refractivity contribution >= 4 is 22.6 Å². The molecule has 0 amide bonds. The van der Waals surface area contributed by atoms with E-state index in [0.29, 0.717) is 5.22 Å². The predicted molar refractivity (Wildman–Crippen MR) is 55.2 cm³/mol. The molecule has 0 aliphatic heterocycles. The van der Waals surface area contributed by atoms with Crippen molar-refractivity contribution in [2.24, 2.45) is 5.73 Å². The average molecular weight is 212 g/mol. The van der Waals surface area contributed by atoms with Gasteiger partial charge in [-0.15, -0.1) is 0 Å². The molecule has 1 atom stereocenters. The lowest BCUT2D eigenvalue weighted by molar-refractivity contribution is 0.268. The van der Waals surface area contributed by atoms with E-state index in [-0.39, 0.29) is 12.6 Å². The maximum atomic E-state index is 8.89. The number of rotatable bonds is 2. The Labute approximate surface area is 86.1 Å². The zero-order valence-electron chi connectivity index (χ0n) is 7.40. The van der Waals surface area contributed by atoms with Crippen LogP contribution >= 0.6 is 11.6 Å². The molecule has 2 rings (SSSR count). The lowest BCUT2D eigenvalue weighted by Gasteiger charge is -2.07. The van der Waals surface area contributed by atoms with Gasteiger partial charge < -0.3 is 15.3 Å². The van der Waals surface area contributed by atoms with Crippen LogP contribution in [0.2, 0.25) is 5.22 Å². The molecule has 3 N–H and O–H groups in total. The van der Waals surface area contributed by atoms with Gasteiger partial charge >= 0.3 is 0 Å². The first-order valence-corrected chi connectivity index (χ1v) is 4.64. The van der Waals surface area contributed by atoms with Crippen molar-refractivity contribution in [2.45, 2.75) is 6.04 Å². The van der Waals surface area contributed by atoms with Crippen molar-refractivity contribution in [1.82, 2.24) is 0 Å². The number of nitrogens with two attached hydrogens (primary N) is 1. The van der Waals surface area contributed by atoms with Crippen LogP contribution < -0.4 is 5.73 Å². The van der Waals surface area contributed by atoms with E-state index in [0.717, 1.165) is 16.5 Å². The minimum atomic E-state index is -0.354. The molecule has 1 unspecified atom stereocenters. The number of aliphatic hydroxyl groups is 1. The van der Waals surface area contributed by atoms with Crippen molar-refractivity contribution < 1.29 is 9.52 Å². The minimum Gasteiger partial charge on any atom is -0.445 e. The van der Waals surface area contributed by atoms with Crippen LogP contribution in [0, 0.1) is 0 Å². The fourth-order valence-electron chi connectivity index (χ4n) is 1.37. The Morgan fingerprint density at radius 2 is 2.21 bits per heavy atom. The highest BCUT2D eigenvalue weighted by atomic mass is 35.5. The highest BCUT2D eigenvalue weighted by Gasteiger charge is 2.07. The van der Waals surface area contributed by atoms with Crippen LogP contribution in [0.15, 0.2) is 28.7 Å². The van der Waals surface area contributed by atoms with Gasteiger partial charge in [-0.1, -0.05) is 6.07 Å². The van der Waals surface area contributed by atoms with Gasteiger partial charge in [-0.2, -0.15) is 0 Å². The summed E-state index contributed by atoms with van der Waals surface area (Å²) >= 11 is 5.70. The first kappa shape index (κ1) is 9.52. The van der Waals surface area contributed by atoms with Gasteiger partial charge in [0.2, 0.25) is 0 Å². The highest BCUT2D eigenvalue weighted by Crippen LogP contribution is 2.25. The van der Waals surface area contributed by atoms with Gasteiger partial charge in [0.15, 0.2) is 5.22 Å². The summed E-state index contributed by atoms with van der Waals surface area (Å²) in [6, 6.07) is 6.86. The monoisotopic (exact) mass is 211 g/mol. The van der Waals surface area contributed by atoms with E-state index in [1.807, 2.05) is 12.1 Å². The fourth-order valence-corrected chi connectivity index (χ4v) is 1.57. The first-order valence-electron chi connectivity index (χ1n) is 4.26. The third-order valence-corrected chi connectivity index (χ3v) is 2.32. The normalized spacial score (nSPS) is 13.4. The molecule has 0 radical (unpaired) electrons. The third kappa shape index (κ3) is 1.62. The largest absolute Gasteiger partial charge is 0.445 e. The van der Waals surface area contributed by atoms with Gasteiger partial charge in [-0.25, -0.2) is 0 Å². The minimum absolute atomic E-state index is 0.0723. The van der Waals surface area contributed by atoms with Gasteiger partial charge in [-0.3, -0.25) is 0 Å². The maximum Gasteiger partial charge on any atom is 0.194 e. The second-order valence-corrected chi connectivity index (χ2v) is 3.51. The first-order chi connectivity index (χ1) is 6.70. The number of hydrogen-bond donors (Lipinski definition) is 2. The molecule has 0 saturated carbocycles. The Bertz CT molecular complexity index is 452. The lowest BCUT2D eigenvalue weighted by atomic mass is 10.1. The van der Waals surface area contributed by atoms with Crippen molar-refractivity contribution in [2.75, 3.05) is 6.61 Å². The van der Waals surface area contributed by atoms with E-state index in [4.69, 9.17) is 26.9 Å². The van der Waals surface area contributed by atoms with Gasteiger partial charge in [0.05, 0.1) is 12.6 Å². The highest BCUT2D eigenvalue weighted by molar-refractivity contribution is 6.29. The molecule has 0 fully saturated rings. The third-order valence-electron chi connectivity index (χ3n) is 2.14. The van der Waals surface area contributed by atoms with E-state index in [2.05, 4.69) is 0 Å². The Morgan fingerprint density at radius 3 is 2.93 bits per heavy atom. The molecular weight excluding hydrogens is 202 g/mol. The Hall–Kier alpha value is -1.03. The summed E-state index contributed by atoms with van der Waals surface area (Å²) in [5.74, 6) is 0. The Morgan fingerprint density at radius 1 is 1.43 bits per heavy atom. The number of hydrogen-bond acceptors (Lipinski definition) is 3. The molecule has 2 aromatic rings. The molecule has 0 saturated heterocycles. The van der Waals surface area contributed by atoms with E-state index in [1.54, 1.807) is 12.1 Å². The van der Waals surface area contributed by atoms with E-state index < -0.39 is 0 Å². The molecule has 4 heteroatoms. The quantitative estimate of drug-likeness (QED) is 0.800. The summed E-state index contributed by atoms with van der Waals surface area (Å²) in [6.45, 7) is -0.0723. The van der Waals surface area contributed by atoms with E-state index >= 15 is 0 Å². The molecule has 0 spiro atoms. The van der Waals surface area contributed by atoms with E-state index in [1.165, 1.54) is 0 Å². The Kier molecular flexibility index (Phi) is 2.46. The number of fused-ring (bicyclic) bond motifs is 1. The zero-order chi connectivity index (χ0) is 10.1. The van der Waals surface area contributed by atoms with Crippen LogP contribution in [0.1, 0.15) is 11.6 Å². The molecule has 1 aromatic carbocycles. The topological polar surface area (TPSA) is 59.4 Å². The average Bonchev–Trinajstić information content (AvgIpc) is 2.55. The van der Waals surface area contributed by atoms with Crippen molar-refractivity contribution in [3.05, 3.63) is 35.0 Å². The summed E-state index contributed by atoms with van der Waals surface area (Å²) < 4.78 is 5.20. The van der Waals surface area contributed by atoms with Crippen LogP contribution in [0.4, 0.5) is 0 Å². The molecule has 0 bridgehead atoms. The van der Waals surface area contributed by atoms with E-state index in [9.17, 15) is 0 Å². The fraction of sp³-hybridized carbons (Fsp3) is 0.200. The molecule has 1 aromatic heterocycles. The molecule has 0 aliphatic rings. The molecular formula is C10H10ClNO2. The van der Waals surface area contributed by atoms with Gasteiger partial charge in [0.1, 0.15) is 5.58 Å². The molecule has 0 aliphatic carbocycles. The predicted octanol–water partition coefficient (Wildman–Crippen LogP) is 2.08. The maximum absolute atomic E-state index is 8.89.